The monoisotopic (exact) mass is 332 g/mol. The minimum absolute atomic E-state index is 0.535. The standard InChI is InChI=1S/C15H16N4OS2/c1-20-12-7-6-10(16)14(18-12)17-8-9-4-3-5-11-13(9)19-15(21-2)22-11/h3-7H,8,16H2,1-2H3,(H,17,18). The van der Waals surface area contributed by atoms with Gasteiger partial charge in [0.05, 0.1) is 23.0 Å². The fraction of sp³-hybridized carbons (Fsp3) is 0.200. The molecule has 0 amide bonds. The third-order valence-corrected chi connectivity index (χ3v) is 5.22. The molecule has 0 saturated carbocycles. The summed E-state index contributed by atoms with van der Waals surface area (Å²) in [7, 11) is 1.59. The number of benzene rings is 1. The van der Waals surface area contributed by atoms with Crippen LogP contribution in [-0.2, 0) is 6.54 Å². The zero-order valence-corrected chi connectivity index (χ0v) is 13.9. The molecular weight excluding hydrogens is 316 g/mol. The van der Waals surface area contributed by atoms with E-state index in [0.29, 0.717) is 23.9 Å². The van der Waals surface area contributed by atoms with E-state index in [-0.39, 0.29) is 0 Å². The first-order valence-electron chi connectivity index (χ1n) is 6.68. The van der Waals surface area contributed by atoms with Crippen molar-refractivity contribution in [3.8, 4) is 5.88 Å². The van der Waals surface area contributed by atoms with Gasteiger partial charge in [-0.1, -0.05) is 23.9 Å². The fourth-order valence-corrected chi connectivity index (χ4v) is 3.63. The van der Waals surface area contributed by atoms with E-state index < -0.39 is 0 Å². The van der Waals surface area contributed by atoms with Crippen LogP contribution in [0.4, 0.5) is 11.5 Å². The van der Waals surface area contributed by atoms with Gasteiger partial charge in [0.15, 0.2) is 10.2 Å². The predicted octanol–water partition coefficient (Wildman–Crippen LogP) is 3.62. The highest BCUT2D eigenvalue weighted by Gasteiger charge is 2.09. The predicted molar refractivity (Wildman–Crippen MR) is 93.9 cm³/mol. The molecule has 0 unspecified atom stereocenters. The zero-order chi connectivity index (χ0) is 15.5. The molecule has 0 aliphatic carbocycles. The maximum Gasteiger partial charge on any atom is 0.215 e. The molecule has 0 radical (unpaired) electrons. The van der Waals surface area contributed by atoms with Crippen LogP contribution < -0.4 is 15.8 Å². The molecule has 1 aromatic carbocycles. The number of pyridine rings is 1. The molecule has 22 heavy (non-hydrogen) atoms. The Hall–Kier alpha value is -1.99. The number of rotatable bonds is 5. The van der Waals surface area contributed by atoms with E-state index in [1.165, 1.54) is 4.70 Å². The number of thiazole rings is 1. The van der Waals surface area contributed by atoms with Gasteiger partial charge in [-0.2, -0.15) is 4.98 Å². The number of hydrogen-bond donors (Lipinski definition) is 2. The number of ether oxygens (including phenoxy) is 1. The van der Waals surface area contributed by atoms with E-state index in [1.54, 1.807) is 42.3 Å². The molecule has 2 heterocycles. The normalized spacial score (nSPS) is 10.8. The van der Waals surface area contributed by atoms with Crippen molar-refractivity contribution in [1.82, 2.24) is 9.97 Å². The number of para-hydroxylation sites is 1. The third kappa shape index (κ3) is 2.95. The van der Waals surface area contributed by atoms with E-state index in [1.807, 2.05) is 12.3 Å². The van der Waals surface area contributed by atoms with Gasteiger partial charge < -0.3 is 15.8 Å². The summed E-state index contributed by atoms with van der Waals surface area (Å²) >= 11 is 3.37. The SMILES string of the molecule is COc1ccc(N)c(NCc2cccc3sc(SC)nc23)n1. The van der Waals surface area contributed by atoms with Crippen molar-refractivity contribution in [2.24, 2.45) is 0 Å². The van der Waals surface area contributed by atoms with Gasteiger partial charge in [-0.3, -0.25) is 0 Å². The second-order valence-electron chi connectivity index (χ2n) is 4.59. The summed E-state index contributed by atoms with van der Waals surface area (Å²) in [6.07, 6.45) is 2.04. The first-order chi connectivity index (χ1) is 10.7. The Kier molecular flexibility index (Phi) is 4.35. The van der Waals surface area contributed by atoms with Crippen molar-refractivity contribution >= 4 is 44.8 Å². The third-order valence-electron chi connectivity index (χ3n) is 3.21. The first kappa shape index (κ1) is 14.9. The smallest absolute Gasteiger partial charge is 0.215 e. The van der Waals surface area contributed by atoms with Crippen molar-refractivity contribution in [1.29, 1.82) is 0 Å². The van der Waals surface area contributed by atoms with E-state index >= 15 is 0 Å². The molecule has 2 aromatic heterocycles. The van der Waals surface area contributed by atoms with E-state index in [0.717, 1.165) is 15.4 Å². The molecule has 0 spiro atoms. The van der Waals surface area contributed by atoms with Crippen molar-refractivity contribution in [2.45, 2.75) is 10.9 Å². The average molecular weight is 332 g/mol. The van der Waals surface area contributed by atoms with Gasteiger partial charge in [0.2, 0.25) is 5.88 Å². The van der Waals surface area contributed by atoms with Gasteiger partial charge in [-0.15, -0.1) is 11.3 Å². The molecule has 3 aromatic rings. The average Bonchev–Trinajstić information content (AvgIpc) is 2.98. The van der Waals surface area contributed by atoms with Gasteiger partial charge in [0, 0.05) is 12.6 Å². The maximum absolute atomic E-state index is 5.95. The van der Waals surface area contributed by atoms with Crippen LogP contribution in [0.3, 0.4) is 0 Å². The molecule has 0 aliphatic rings. The Morgan fingerprint density at radius 1 is 1.27 bits per heavy atom. The Labute approximate surface area is 136 Å². The highest BCUT2D eigenvalue weighted by atomic mass is 32.2. The Balaban J connectivity index is 1.86. The molecular formula is C15H16N4OS2. The summed E-state index contributed by atoms with van der Waals surface area (Å²) in [5, 5.41) is 3.27. The molecule has 7 heteroatoms. The van der Waals surface area contributed by atoms with E-state index in [9.17, 15) is 0 Å². The van der Waals surface area contributed by atoms with Gasteiger partial charge in [-0.25, -0.2) is 4.98 Å². The Bertz CT molecular complexity index is 803. The number of methoxy groups -OCH3 is 1. The van der Waals surface area contributed by atoms with Gasteiger partial charge in [0.1, 0.15) is 0 Å². The van der Waals surface area contributed by atoms with Gasteiger partial charge in [-0.05, 0) is 24.0 Å². The second kappa shape index (κ2) is 6.41. The number of fused-ring (bicyclic) bond motifs is 1. The van der Waals surface area contributed by atoms with Crippen LogP contribution in [0.25, 0.3) is 10.2 Å². The molecule has 0 saturated heterocycles. The van der Waals surface area contributed by atoms with Crippen LogP contribution >= 0.6 is 23.1 Å². The molecule has 5 nitrogen and oxygen atoms in total. The fourth-order valence-electron chi connectivity index (χ4n) is 2.10. The van der Waals surface area contributed by atoms with Crippen LogP contribution in [0.2, 0.25) is 0 Å². The molecule has 3 N–H and O–H groups in total. The second-order valence-corrected chi connectivity index (χ2v) is 6.68. The summed E-state index contributed by atoms with van der Waals surface area (Å²) in [5.41, 5.74) is 8.70. The minimum atomic E-state index is 0.535. The number of nitrogens with zero attached hydrogens (tertiary/aromatic N) is 2. The quantitative estimate of drug-likeness (QED) is 0.695. The molecule has 3 rings (SSSR count). The topological polar surface area (TPSA) is 73.1 Å². The number of nitrogen functional groups attached to an aromatic ring is 1. The number of nitrogens with two attached hydrogens (primary N) is 1. The lowest BCUT2D eigenvalue weighted by Gasteiger charge is -2.10. The summed E-state index contributed by atoms with van der Waals surface area (Å²) in [4.78, 5) is 8.99. The lowest BCUT2D eigenvalue weighted by atomic mass is 10.2. The van der Waals surface area contributed by atoms with Crippen molar-refractivity contribution in [3.63, 3.8) is 0 Å². The summed E-state index contributed by atoms with van der Waals surface area (Å²) in [6, 6.07) is 9.73. The van der Waals surface area contributed by atoms with Crippen LogP contribution in [0.1, 0.15) is 5.56 Å². The Morgan fingerprint density at radius 2 is 2.14 bits per heavy atom. The minimum Gasteiger partial charge on any atom is -0.481 e. The summed E-state index contributed by atoms with van der Waals surface area (Å²) < 4.78 is 7.39. The van der Waals surface area contributed by atoms with E-state index in [4.69, 9.17) is 10.5 Å². The number of thioether (sulfide) groups is 1. The van der Waals surface area contributed by atoms with Crippen LogP contribution in [0.5, 0.6) is 5.88 Å². The zero-order valence-electron chi connectivity index (χ0n) is 12.3. The Morgan fingerprint density at radius 3 is 2.91 bits per heavy atom. The molecule has 0 bridgehead atoms. The van der Waals surface area contributed by atoms with Crippen molar-refractivity contribution < 1.29 is 4.74 Å². The van der Waals surface area contributed by atoms with Crippen molar-refractivity contribution in [3.05, 3.63) is 35.9 Å². The van der Waals surface area contributed by atoms with Crippen LogP contribution in [-0.4, -0.2) is 23.3 Å². The van der Waals surface area contributed by atoms with Gasteiger partial charge >= 0.3 is 0 Å². The highest BCUT2D eigenvalue weighted by Crippen LogP contribution is 2.30. The number of aromatic nitrogens is 2. The number of anilines is 2. The summed E-state index contributed by atoms with van der Waals surface area (Å²) in [6.45, 7) is 0.610. The molecule has 0 aliphatic heterocycles. The lowest BCUT2D eigenvalue weighted by molar-refractivity contribution is 0.398. The van der Waals surface area contributed by atoms with Crippen LogP contribution in [0, 0.1) is 0 Å². The maximum atomic E-state index is 5.95. The number of nitrogens with one attached hydrogen (secondary N) is 1. The first-order valence-corrected chi connectivity index (χ1v) is 8.72. The summed E-state index contributed by atoms with van der Waals surface area (Å²) in [5.74, 6) is 1.16. The molecule has 114 valence electrons. The van der Waals surface area contributed by atoms with Crippen molar-refractivity contribution in [2.75, 3.05) is 24.4 Å². The van der Waals surface area contributed by atoms with E-state index in [2.05, 4.69) is 27.4 Å². The lowest BCUT2D eigenvalue weighted by Crippen LogP contribution is -2.05. The molecule has 0 atom stereocenters. The van der Waals surface area contributed by atoms with Gasteiger partial charge in [0.25, 0.3) is 0 Å². The molecule has 0 fully saturated rings. The largest absolute Gasteiger partial charge is 0.481 e. The number of hydrogen-bond acceptors (Lipinski definition) is 7. The highest BCUT2D eigenvalue weighted by molar-refractivity contribution is 8.00. The van der Waals surface area contributed by atoms with Crippen LogP contribution in [0.15, 0.2) is 34.7 Å².